The molecule has 1 fully saturated rings. The van der Waals surface area contributed by atoms with Gasteiger partial charge in [0.1, 0.15) is 5.01 Å². The van der Waals surface area contributed by atoms with E-state index in [0.29, 0.717) is 13.0 Å². The topological polar surface area (TPSA) is 45.2 Å². The van der Waals surface area contributed by atoms with Gasteiger partial charge in [0.25, 0.3) is 0 Å². The molecular formula is C21H29N3OS. The molecule has 4 nitrogen and oxygen atoms in total. The minimum Gasteiger partial charge on any atom is -0.354 e. The van der Waals surface area contributed by atoms with Crippen LogP contribution in [0.4, 0.5) is 0 Å². The van der Waals surface area contributed by atoms with Crippen LogP contribution in [0, 0.1) is 6.92 Å². The lowest BCUT2D eigenvalue weighted by atomic mass is 9.98. The fourth-order valence-corrected chi connectivity index (χ4v) is 4.20. The van der Waals surface area contributed by atoms with E-state index in [1.807, 2.05) is 5.38 Å². The molecule has 1 aliphatic rings. The summed E-state index contributed by atoms with van der Waals surface area (Å²) < 4.78 is 0. The van der Waals surface area contributed by atoms with E-state index >= 15 is 0 Å². The zero-order chi connectivity index (χ0) is 18.6. The maximum absolute atomic E-state index is 12.4. The van der Waals surface area contributed by atoms with E-state index in [9.17, 15) is 4.79 Å². The van der Waals surface area contributed by atoms with Crippen LogP contribution >= 0.6 is 11.3 Å². The largest absolute Gasteiger partial charge is 0.354 e. The van der Waals surface area contributed by atoms with Crippen LogP contribution in [0.3, 0.4) is 0 Å². The molecule has 1 saturated heterocycles. The van der Waals surface area contributed by atoms with E-state index < -0.39 is 0 Å². The van der Waals surface area contributed by atoms with Gasteiger partial charge in [-0.2, -0.15) is 0 Å². The van der Waals surface area contributed by atoms with Gasteiger partial charge in [-0.15, -0.1) is 11.3 Å². The molecule has 0 radical (unpaired) electrons. The van der Waals surface area contributed by atoms with Crippen molar-refractivity contribution in [1.29, 1.82) is 0 Å². The highest BCUT2D eigenvalue weighted by molar-refractivity contribution is 7.13. The Bertz CT molecular complexity index is 730. The molecule has 0 aliphatic carbocycles. The van der Waals surface area contributed by atoms with Gasteiger partial charge in [0.2, 0.25) is 5.91 Å². The predicted molar refractivity (Wildman–Crippen MR) is 109 cm³/mol. The first-order valence-corrected chi connectivity index (χ1v) is 10.4. The highest BCUT2D eigenvalue weighted by atomic mass is 32.1. The van der Waals surface area contributed by atoms with E-state index in [1.54, 1.807) is 11.3 Å². The fourth-order valence-electron chi connectivity index (χ4n) is 3.37. The molecule has 1 aromatic carbocycles. The predicted octanol–water partition coefficient (Wildman–Crippen LogP) is 4.04. The number of likely N-dealkylation sites (tertiary alicyclic amines) is 1. The minimum absolute atomic E-state index is 0.00517. The maximum Gasteiger partial charge on any atom is 0.226 e. The number of aromatic nitrogens is 1. The Hall–Kier alpha value is -1.72. The standard InChI is InChI=1S/C21H29N3OS/c1-16-7-9-17(10-8-16)20-23-18(14-26-20)13-19(25)22-15-21(2,3)24-11-5-4-6-12-24/h7-10,14H,4-6,11-13,15H2,1-3H3,(H,22,25). The number of carbonyl (C=O) groups excluding carboxylic acids is 1. The first-order valence-electron chi connectivity index (χ1n) is 9.47. The van der Waals surface area contributed by atoms with Crippen LogP contribution in [0.15, 0.2) is 29.6 Å². The van der Waals surface area contributed by atoms with Gasteiger partial charge in [-0.3, -0.25) is 9.69 Å². The van der Waals surface area contributed by atoms with E-state index in [0.717, 1.165) is 29.4 Å². The van der Waals surface area contributed by atoms with Crippen molar-refractivity contribution in [2.75, 3.05) is 19.6 Å². The normalized spacial score (nSPS) is 15.8. The first kappa shape index (κ1) is 19.1. The number of carbonyl (C=O) groups is 1. The Morgan fingerprint density at radius 3 is 2.58 bits per heavy atom. The second-order valence-electron chi connectivity index (χ2n) is 7.82. The number of amides is 1. The molecule has 3 rings (SSSR count). The average molecular weight is 372 g/mol. The Kier molecular flexibility index (Phi) is 6.09. The SMILES string of the molecule is Cc1ccc(-c2nc(CC(=O)NCC(C)(C)N3CCCCC3)cs2)cc1. The third-order valence-corrected chi connectivity index (χ3v) is 6.06. The van der Waals surface area contributed by atoms with Gasteiger partial charge >= 0.3 is 0 Å². The molecule has 1 aliphatic heterocycles. The van der Waals surface area contributed by atoms with Gasteiger partial charge < -0.3 is 5.32 Å². The molecule has 0 bridgehead atoms. The summed E-state index contributed by atoms with van der Waals surface area (Å²) in [6, 6.07) is 8.34. The number of benzene rings is 1. The van der Waals surface area contributed by atoms with Gasteiger partial charge in [-0.1, -0.05) is 36.2 Å². The van der Waals surface area contributed by atoms with Crippen LogP contribution in [0.2, 0.25) is 0 Å². The molecule has 1 amide bonds. The molecule has 0 saturated carbocycles. The summed E-state index contributed by atoms with van der Waals surface area (Å²) in [5.74, 6) is 0.0517. The van der Waals surface area contributed by atoms with Crippen molar-refractivity contribution in [2.45, 2.75) is 52.0 Å². The van der Waals surface area contributed by atoms with E-state index in [1.165, 1.54) is 24.8 Å². The molecule has 0 atom stereocenters. The zero-order valence-electron chi connectivity index (χ0n) is 16.0. The Morgan fingerprint density at radius 1 is 1.19 bits per heavy atom. The molecule has 2 aromatic rings. The highest BCUT2D eigenvalue weighted by Crippen LogP contribution is 2.24. The number of thiazole rings is 1. The highest BCUT2D eigenvalue weighted by Gasteiger charge is 2.28. The van der Waals surface area contributed by atoms with Gasteiger partial charge in [0.05, 0.1) is 12.1 Å². The van der Waals surface area contributed by atoms with Crippen molar-refractivity contribution >= 4 is 17.2 Å². The van der Waals surface area contributed by atoms with Crippen LogP contribution in [-0.4, -0.2) is 41.0 Å². The minimum atomic E-state index is 0.00517. The molecular weight excluding hydrogens is 342 g/mol. The lowest BCUT2D eigenvalue weighted by molar-refractivity contribution is -0.121. The molecule has 1 aromatic heterocycles. The van der Waals surface area contributed by atoms with Crippen LogP contribution in [0.5, 0.6) is 0 Å². The van der Waals surface area contributed by atoms with Crippen molar-refractivity contribution in [3.8, 4) is 10.6 Å². The smallest absolute Gasteiger partial charge is 0.226 e. The summed E-state index contributed by atoms with van der Waals surface area (Å²) >= 11 is 1.60. The number of rotatable bonds is 6. The molecule has 0 unspecified atom stereocenters. The van der Waals surface area contributed by atoms with E-state index in [4.69, 9.17) is 0 Å². The molecule has 140 valence electrons. The van der Waals surface area contributed by atoms with Crippen LogP contribution < -0.4 is 5.32 Å². The number of nitrogens with one attached hydrogen (secondary N) is 1. The van der Waals surface area contributed by atoms with E-state index in [-0.39, 0.29) is 11.4 Å². The quantitative estimate of drug-likeness (QED) is 0.833. The summed E-state index contributed by atoms with van der Waals surface area (Å²) in [4.78, 5) is 19.5. The summed E-state index contributed by atoms with van der Waals surface area (Å²) in [5, 5.41) is 6.07. The van der Waals surface area contributed by atoms with E-state index in [2.05, 4.69) is 60.2 Å². The maximum atomic E-state index is 12.4. The van der Waals surface area contributed by atoms with Gasteiger partial charge in [-0.25, -0.2) is 4.98 Å². The Labute approximate surface area is 160 Å². The second-order valence-corrected chi connectivity index (χ2v) is 8.68. The molecule has 1 N–H and O–H groups in total. The molecule has 2 heterocycles. The lowest BCUT2D eigenvalue weighted by Crippen LogP contribution is -2.53. The van der Waals surface area contributed by atoms with Crippen molar-refractivity contribution in [3.05, 3.63) is 40.9 Å². The van der Waals surface area contributed by atoms with Gasteiger partial charge in [0, 0.05) is 23.0 Å². The van der Waals surface area contributed by atoms with Crippen LogP contribution in [0.1, 0.15) is 44.4 Å². The summed E-state index contributed by atoms with van der Waals surface area (Å²) in [5.41, 5.74) is 3.20. The third-order valence-electron chi connectivity index (χ3n) is 5.12. The average Bonchev–Trinajstić information content (AvgIpc) is 3.10. The summed E-state index contributed by atoms with van der Waals surface area (Å²) in [7, 11) is 0. The van der Waals surface area contributed by atoms with Crippen molar-refractivity contribution in [1.82, 2.24) is 15.2 Å². The number of aryl methyl sites for hydroxylation is 1. The molecule has 26 heavy (non-hydrogen) atoms. The molecule has 0 spiro atoms. The molecule has 5 heteroatoms. The van der Waals surface area contributed by atoms with Gasteiger partial charge in [-0.05, 0) is 46.7 Å². The number of nitrogens with zero attached hydrogens (tertiary/aromatic N) is 2. The number of piperidine rings is 1. The van der Waals surface area contributed by atoms with Crippen molar-refractivity contribution in [3.63, 3.8) is 0 Å². The van der Waals surface area contributed by atoms with Crippen molar-refractivity contribution in [2.24, 2.45) is 0 Å². The number of hydrogen-bond acceptors (Lipinski definition) is 4. The number of hydrogen-bond donors (Lipinski definition) is 1. The van der Waals surface area contributed by atoms with Crippen LogP contribution in [0.25, 0.3) is 10.6 Å². The fraction of sp³-hybridized carbons (Fsp3) is 0.524. The monoisotopic (exact) mass is 371 g/mol. The summed E-state index contributed by atoms with van der Waals surface area (Å²) in [6.07, 6.45) is 4.19. The van der Waals surface area contributed by atoms with Crippen molar-refractivity contribution < 1.29 is 4.79 Å². The zero-order valence-corrected chi connectivity index (χ0v) is 16.9. The Balaban J connectivity index is 1.52. The third kappa shape index (κ3) is 4.92. The first-order chi connectivity index (χ1) is 12.4. The Morgan fingerprint density at radius 2 is 1.88 bits per heavy atom. The van der Waals surface area contributed by atoms with Crippen LogP contribution in [-0.2, 0) is 11.2 Å². The second kappa shape index (κ2) is 8.31. The lowest BCUT2D eigenvalue weighted by Gasteiger charge is -2.41. The van der Waals surface area contributed by atoms with Gasteiger partial charge in [0.15, 0.2) is 0 Å². The summed E-state index contributed by atoms with van der Waals surface area (Å²) in [6.45, 7) is 9.46.